The number of hydrogen-bond donors (Lipinski definition) is 2. The maximum absolute atomic E-state index is 12.4. The van der Waals surface area contributed by atoms with Crippen molar-refractivity contribution in [1.29, 1.82) is 0 Å². The SMILES string of the molecule is CN(C)C(=O)CCN1CCOC(c2nc(-c3ccccc3)cs2)C1.Cc1csc(C2CN(Cc3ccn(C)c(=O)c3)CCO2)n1.Cc1nc(C2CN(C(=O)c3cnc(C)s3)CCO2)n[nH]1.Cc1noc(CN2CCOC(c3nc(-c4ccccc4)cs3)C2)n1.NC(=O)CCN1CCOC(c2nc(-c3ccccc3)cs2)C1. The second kappa shape index (κ2) is 40.5. The zero-order chi connectivity index (χ0) is 77.6. The first kappa shape index (κ1) is 81.6. The predicted octanol–water partition coefficient (Wildman–Crippen LogP) is 10.6. The maximum atomic E-state index is 12.4. The van der Waals surface area contributed by atoms with Crippen molar-refractivity contribution in [1.82, 2.24) is 84.2 Å². The molecular weight excluding hydrogens is 1510 g/mol. The number of benzene rings is 3. The van der Waals surface area contributed by atoms with E-state index in [0.717, 1.165) is 141 Å². The van der Waals surface area contributed by atoms with Crippen LogP contribution in [0, 0.1) is 27.7 Å². The number of amides is 3. The van der Waals surface area contributed by atoms with E-state index in [2.05, 4.69) is 113 Å². The van der Waals surface area contributed by atoms with Crippen LogP contribution in [-0.4, -0.2) is 228 Å². The van der Waals surface area contributed by atoms with Gasteiger partial charge in [-0.2, -0.15) is 10.1 Å². The van der Waals surface area contributed by atoms with E-state index in [1.54, 1.807) is 93.1 Å². The summed E-state index contributed by atoms with van der Waals surface area (Å²) in [5, 5.41) is 24.0. The van der Waals surface area contributed by atoms with Gasteiger partial charge in [-0.1, -0.05) is 96.2 Å². The van der Waals surface area contributed by atoms with Crippen molar-refractivity contribution < 1.29 is 42.6 Å². The van der Waals surface area contributed by atoms with Gasteiger partial charge >= 0.3 is 0 Å². The van der Waals surface area contributed by atoms with Crippen molar-refractivity contribution in [2.45, 2.75) is 84.1 Å². The second-order valence-corrected chi connectivity index (χ2v) is 32.0. The van der Waals surface area contributed by atoms with Crippen molar-refractivity contribution in [3.63, 3.8) is 0 Å². The first-order valence-electron chi connectivity index (χ1n) is 36.8. The van der Waals surface area contributed by atoms with Crippen LogP contribution in [0.4, 0.5) is 0 Å². The third-order valence-electron chi connectivity index (χ3n) is 18.5. The van der Waals surface area contributed by atoms with Crippen LogP contribution in [0.2, 0.25) is 0 Å². The quantitative estimate of drug-likeness (QED) is 0.0760. The first-order valence-corrected chi connectivity index (χ1v) is 41.2. The minimum absolute atomic E-state index is 0.00356. The zero-order valence-electron chi connectivity index (χ0n) is 63.4. The molecule has 8 aromatic heterocycles. The third kappa shape index (κ3) is 24.1. The minimum atomic E-state index is -0.272. The van der Waals surface area contributed by atoms with E-state index in [1.807, 2.05) is 94.6 Å². The highest BCUT2D eigenvalue weighted by molar-refractivity contribution is 7.13. The Bertz CT molecular complexity index is 4780. The zero-order valence-corrected chi connectivity index (χ0v) is 67.5. The van der Waals surface area contributed by atoms with E-state index in [4.69, 9.17) is 48.9 Å². The summed E-state index contributed by atoms with van der Waals surface area (Å²) in [5.74, 6) is 2.56. The molecule has 16 rings (SSSR count). The monoisotopic (exact) mass is 1600 g/mol. The normalized spacial score (nSPS) is 19.1. The van der Waals surface area contributed by atoms with E-state index in [0.29, 0.717) is 94.5 Å². The molecule has 0 saturated carbocycles. The standard InChI is InChI=1S/C18H23N3O2S.C17H18N4O2S.C16H19N3O2S.C15H19N3O2S.C12H15N5O2S/c1-20(2)17(22)8-9-21-10-11-23-16(12-21)18-19-15(13-24-18)14-6-4-3-5-7-14;1-12-18-16(23-20-12)10-21-7-8-22-15(9-21)17-19-14(11-24-17)13-5-3-2-4-6-13;17-15(20)6-7-19-8-9-21-14(10-19)16-18-13(11-22-16)12-4-2-1-3-5-12;1-11-10-21-15(16-11)13-9-18(5-6-20-13)8-12-3-4-17(2)14(19)7-12;1-7-14-11(16-15-7)9-6-17(3-4-19-9)12(18)10-5-13-8(2)20-10/h3-7,13,16H,8-12H2,1-2H3;2-6,11,15H,7-10H2,1H3;1-5,11,14H,6-10H2,(H2,17,20);3-4,7,10,13H,5-6,8-9H2,1-2H3;5,9H,3-4,6H2,1-2H3,(H,14,15,16). The van der Waals surface area contributed by atoms with E-state index in [1.165, 1.54) is 11.3 Å². The molecule has 0 bridgehead atoms. The van der Waals surface area contributed by atoms with Crippen molar-refractivity contribution in [2.75, 3.05) is 126 Å². The number of ether oxygens (including phenoxy) is 5. The third-order valence-corrected chi connectivity index (χ3v) is 23.3. The number of nitrogens with zero attached hydrogens (tertiary/aromatic N) is 16. The van der Waals surface area contributed by atoms with Gasteiger partial charge in [-0.3, -0.25) is 43.9 Å². The molecular formula is C78H94N18O10S5. The number of aromatic amines is 1. The van der Waals surface area contributed by atoms with Crippen molar-refractivity contribution in [3.8, 4) is 33.8 Å². The highest BCUT2D eigenvalue weighted by Crippen LogP contribution is 2.34. The molecule has 5 aliphatic heterocycles. The Morgan fingerprint density at radius 1 is 0.559 bits per heavy atom. The maximum Gasteiger partial charge on any atom is 0.265 e. The van der Waals surface area contributed by atoms with Gasteiger partial charge in [0, 0.05) is 169 Å². The van der Waals surface area contributed by atoms with Crippen molar-refractivity contribution in [3.05, 3.63) is 212 Å². The van der Waals surface area contributed by atoms with Crippen LogP contribution in [0.5, 0.6) is 0 Å². The average molecular weight is 1600 g/mol. The summed E-state index contributed by atoms with van der Waals surface area (Å²) in [6, 6.07) is 34.2. The van der Waals surface area contributed by atoms with E-state index >= 15 is 0 Å². The fraction of sp³-hybridized carbons (Fsp3) is 0.423. The lowest BCUT2D eigenvalue weighted by atomic mass is 10.2. The summed E-state index contributed by atoms with van der Waals surface area (Å²) in [4.78, 5) is 91.3. The highest BCUT2D eigenvalue weighted by Gasteiger charge is 2.32. The number of H-pyrrole nitrogens is 1. The number of aromatic nitrogens is 11. The highest BCUT2D eigenvalue weighted by atomic mass is 32.1. The van der Waals surface area contributed by atoms with Gasteiger partial charge in [0.05, 0.1) is 74.4 Å². The van der Waals surface area contributed by atoms with Gasteiger partial charge in [0.1, 0.15) is 61.3 Å². The number of carbonyl (C=O) groups is 3. The minimum Gasteiger partial charge on any atom is -0.370 e. The molecule has 5 fully saturated rings. The van der Waals surface area contributed by atoms with Gasteiger partial charge in [-0.05, 0) is 39.3 Å². The molecule has 111 heavy (non-hydrogen) atoms. The molecule has 586 valence electrons. The number of rotatable bonds is 19. The van der Waals surface area contributed by atoms with Gasteiger partial charge in [-0.15, -0.1) is 56.7 Å². The summed E-state index contributed by atoms with van der Waals surface area (Å²) in [6.07, 6.45) is 4.12. The summed E-state index contributed by atoms with van der Waals surface area (Å²) in [5.41, 5.74) is 13.7. The fourth-order valence-electron chi connectivity index (χ4n) is 12.5. The molecule has 5 aliphatic rings. The molecule has 0 aliphatic carbocycles. The topological polar surface area (TPSA) is 310 Å². The Hall–Kier alpha value is -8.91. The molecule has 33 heteroatoms. The number of thiazole rings is 5. The predicted molar refractivity (Wildman–Crippen MR) is 428 cm³/mol. The fourth-order valence-corrected chi connectivity index (χ4v) is 16.7. The first-order chi connectivity index (χ1) is 53.9. The van der Waals surface area contributed by atoms with Crippen molar-refractivity contribution in [2.24, 2.45) is 12.8 Å². The smallest absolute Gasteiger partial charge is 0.265 e. The van der Waals surface area contributed by atoms with Crippen LogP contribution in [0.15, 0.2) is 146 Å². The van der Waals surface area contributed by atoms with Crippen LogP contribution in [-0.2, 0) is 53.4 Å². The van der Waals surface area contributed by atoms with Gasteiger partial charge in [0.25, 0.3) is 11.5 Å². The number of carbonyl (C=O) groups excluding carboxylic acids is 3. The van der Waals surface area contributed by atoms with Crippen LogP contribution < -0.4 is 11.3 Å². The molecule has 3 N–H and O–H groups in total. The Labute approximate surface area is 665 Å². The van der Waals surface area contributed by atoms with Gasteiger partial charge < -0.3 is 48.3 Å². The molecule has 28 nitrogen and oxygen atoms in total. The lowest BCUT2D eigenvalue weighted by molar-refractivity contribution is -0.129. The number of hydrogen-bond acceptors (Lipinski definition) is 28. The van der Waals surface area contributed by atoms with E-state index in [-0.39, 0.29) is 53.8 Å². The van der Waals surface area contributed by atoms with E-state index < -0.39 is 0 Å². The van der Waals surface area contributed by atoms with Crippen LogP contribution in [0.3, 0.4) is 0 Å². The molecule has 11 aromatic rings. The largest absolute Gasteiger partial charge is 0.370 e. The Morgan fingerprint density at radius 3 is 1.49 bits per heavy atom. The van der Waals surface area contributed by atoms with Crippen molar-refractivity contribution >= 4 is 74.4 Å². The summed E-state index contributed by atoms with van der Waals surface area (Å²) in [6.45, 7) is 21.3. The lowest BCUT2D eigenvalue weighted by Crippen LogP contribution is -2.42. The number of morpholine rings is 5. The Balaban J connectivity index is 0.000000129. The number of nitrogens with one attached hydrogen (secondary N) is 1. The molecule has 3 amide bonds. The lowest BCUT2D eigenvalue weighted by Gasteiger charge is -2.32. The molecule has 3 aromatic carbocycles. The average Bonchev–Trinajstić information content (AvgIpc) is 1.79. The number of aryl methyl sites for hydroxylation is 5. The van der Waals surface area contributed by atoms with Gasteiger partial charge in [0.15, 0.2) is 11.6 Å². The molecule has 0 radical (unpaired) electrons. The molecule has 5 saturated heterocycles. The Morgan fingerprint density at radius 2 is 1.04 bits per heavy atom. The second-order valence-electron chi connectivity index (χ2n) is 27.3. The Kier molecular flexibility index (Phi) is 29.8. The van der Waals surface area contributed by atoms with Gasteiger partial charge in [-0.25, -0.2) is 29.9 Å². The van der Waals surface area contributed by atoms with Gasteiger partial charge in [0.2, 0.25) is 17.7 Å². The summed E-state index contributed by atoms with van der Waals surface area (Å²) in [7, 11) is 5.36. The number of pyridine rings is 1. The molecule has 5 unspecified atom stereocenters. The molecule has 13 heterocycles. The summed E-state index contributed by atoms with van der Waals surface area (Å²) >= 11 is 7.98. The number of nitrogens with two attached hydrogens (primary N) is 1. The van der Waals surface area contributed by atoms with Crippen LogP contribution in [0.1, 0.15) is 113 Å². The van der Waals surface area contributed by atoms with Crippen LogP contribution >= 0.6 is 56.7 Å². The van der Waals surface area contributed by atoms with Crippen LogP contribution in [0.25, 0.3) is 33.8 Å². The summed E-state index contributed by atoms with van der Waals surface area (Å²) < 4.78 is 36.0. The van der Waals surface area contributed by atoms with E-state index in [9.17, 15) is 19.2 Å². The molecule has 5 atom stereocenters. The molecule has 0 spiro atoms. The number of primary amides is 1.